The van der Waals surface area contributed by atoms with E-state index in [1.807, 2.05) is 0 Å². The fourth-order valence-electron chi connectivity index (χ4n) is 1.40. The van der Waals surface area contributed by atoms with Crippen molar-refractivity contribution in [3.8, 4) is 0 Å². The van der Waals surface area contributed by atoms with Gasteiger partial charge in [-0.05, 0) is 13.8 Å². The first-order valence-corrected chi connectivity index (χ1v) is 5.44. The molecule has 0 heterocycles. The van der Waals surface area contributed by atoms with E-state index in [-0.39, 0.29) is 13.2 Å². The standard InChI is InChI=1S/C11H12F6O2/c1-3-18-7-5-9(12,13)10(14,15)6-8(19-4-2)11(7,16)17/h5-6H,3-4H2,1-2H3. The van der Waals surface area contributed by atoms with Crippen molar-refractivity contribution in [3.63, 3.8) is 0 Å². The molecule has 0 aromatic heterocycles. The summed E-state index contributed by atoms with van der Waals surface area (Å²) in [5.41, 5.74) is 0. The van der Waals surface area contributed by atoms with Gasteiger partial charge in [-0.3, -0.25) is 0 Å². The highest BCUT2D eigenvalue weighted by molar-refractivity contribution is 5.31. The summed E-state index contributed by atoms with van der Waals surface area (Å²) in [6, 6.07) is 0. The number of allylic oxidation sites excluding steroid dienone is 2. The lowest BCUT2D eigenvalue weighted by atomic mass is 10.1. The van der Waals surface area contributed by atoms with Gasteiger partial charge in [-0.1, -0.05) is 0 Å². The summed E-state index contributed by atoms with van der Waals surface area (Å²) >= 11 is 0. The molecule has 0 bridgehead atoms. The molecule has 0 fully saturated rings. The summed E-state index contributed by atoms with van der Waals surface area (Å²) in [6.07, 6.45) is -1.11. The summed E-state index contributed by atoms with van der Waals surface area (Å²) < 4.78 is 89.3. The minimum Gasteiger partial charge on any atom is -0.491 e. The Balaban J connectivity index is 3.42. The van der Waals surface area contributed by atoms with Gasteiger partial charge >= 0.3 is 17.8 Å². The Morgan fingerprint density at radius 2 is 1.11 bits per heavy atom. The van der Waals surface area contributed by atoms with Crippen molar-refractivity contribution < 1.29 is 35.8 Å². The predicted octanol–water partition coefficient (Wildman–Crippen LogP) is 3.75. The van der Waals surface area contributed by atoms with E-state index in [0.29, 0.717) is 0 Å². The highest BCUT2D eigenvalue weighted by atomic mass is 19.3. The lowest BCUT2D eigenvalue weighted by Crippen LogP contribution is -2.36. The van der Waals surface area contributed by atoms with Crippen LogP contribution in [0.4, 0.5) is 26.3 Å². The van der Waals surface area contributed by atoms with E-state index in [1.54, 1.807) is 0 Å². The fourth-order valence-corrected chi connectivity index (χ4v) is 1.40. The van der Waals surface area contributed by atoms with Crippen LogP contribution in [-0.4, -0.2) is 31.0 Å². The summed E-state index contributed by atoms with van der Waals surface area (Å²) in [6.45, 7) is 1.79. The van der Waals surface area contributed by atoms with E-state index in [4.69, 9.17) is 0 Å². The van der Waals surface area contributed by atoms with Crippen LogP contribution in [0, 0.1) is 0 Å². The van der Waals surface area contributed by atoms with Crippen molar-refractivity contribution in [3.05, 3.63) is 23.7 Å². The minimum atomic E-state index is -4.79. The highest BCUT2D eigenvalue weighted by Gasteiger charge is 2.60. The molecule has 8 heteroatoms. The molecular weight excluding hydrogens is 278 g/mol. The van der Waals surface area contributed by atoms with E-state index in [1.165, 1.54) is 13.8 Å². The molecule has 0 atom stereocenters. The molecule has 1 aliphatic rings. The molecule has 0 spiro atoms. The average molecular weight is 290 g/mol. The molecule has 0 N–H and O–H groups in total. The molecule has 0 saturated carbocycles. The number of ether oxygens (including phenoxy) is 2. The summed E-state index contributed by atoms with van der Waals surface area (Å²) in [7, 11) is 0. The quantitative estimate of drug-likeness (QED) is 0.734. The number of hydrogen-bond donors (Lipinski definition) is 0. The smallest absolute Gasteiger partial charge is 0.359 e. The zero-order valence-electron chi connectivity index (χ0n) is 10.2. The Morgan fingerprint density at radius 1 is 0.789 bits per heavy atom. The molecule has 1 rings (SSSR count). The van der Waals surface area contributed by atoms with Crippen molar-refractivity contribution >= 4 is 0 Å². The van der Waals surface area contributed by atoms with E-state index >= 15 is 0 Å². The second-order valence-electron chi connectivity index (χ2n) is 3.70. The topological polar surface area (TPSA) is 18.5 Å². The molecule has 0 saturated heterocycles. The van der Waals surface area contributed by atoms with Crippen LogP contribution >= 0.6 is 0 Å². The minimum absolute atomic E-state index is 0.373. The largest absolute Gasteiger partial charge is 0.491 e. The Hall–Kier alpha value is -1.34. The van der Waals surface area contributed by atoms with Gasteiger partial charge in [-0.15, -0.1) is 0 Å². The van der Waals surface area contributed by atoms with Crippen LogP contribution in [0.3, 0.4) is 0 Å². The van der Waals surface area contributed by atoms with Crippen LogP contribution in [0.2, 0.25) is 0 Å². The second kappa shape index (κ2) is 4.97. The van der Waals surface area contributed by atoms with Gasteiger partial charge in [-0.25, -0.2) is 0 Å². The normalized spacial score (nSPS) is 24.0. The van der Waals surface area contributed by atoms with Crippen molar-refractivity contribution in [1.82, 2.24) is 0 Å². The van der Waals surface area contributed by atoms with Crippen molar-refractivity contribution in [2.75, 3.05) is 13.2 Å². The van der Waals surface area contributed by atoms with E-state index in [0.717, 1.165) is 0 Å². The van der Waals surface area contributed by atoms with E-state index in [9.17, 15) is 26.3 Å². The van der Waals surface area contributed by atoms with Gasteiger partial charge in [0.1, 0.15) is 0 Å². The monoisotopic (exact) mass is 290 g/mol. The maximum absolute atomic E-state index is 13.8. The number of halogens is 6. The Labute approximate surface area is 105 Å². The first kappa shape index (κ1) is 15.7. The molecule has 0 aromatic carbocycles. The van der Waals surface area contributed by atoms with Crippen LogP contribution in [0.25, 0.3) is 0 Å². The highest BCUT2D eigenvalue weighted by Crippen LogP contribution is 2.46. The van der Waals surface area contributed by atoms with Gasteiger partial charge in [0.25, 0.3) is 0 Å². The Kier molecular flexibility index (Phi) is 4.11. The Bertz CT molecular complexity index is 364. The molecular formula is C11H12F6O2. The van der Waals surface area contributed by atoms with E-state index in [2.05, 4.69) is 9.47 Å². The van der Waals surface area contributed by atoms with Gasteiger partial charge in [0.2, 0.25) is 0 Å². The molecule has 0 aliphatic heterocycles. The molecule has 1 aliphatic carbocycles. The molecule has 0 aromatic rings. The van der Waals surface area contributed by atoms with Crippen LogP contribution in [0.5, 0.6) is 0 Å². The van der Waals surface area contributed by atoms with Crippen LogP contribution in [0.1, 0.15) is 13.8 Å². The predicted molar refractivity (Wildman–Crippen MR) is 54.3 cm³/mol. The zero-order chi connectivity index (χ0) is 14.9. The third kappa shape index (κ3) is 2.82. The molecule has 2 nitrogen and oxygen atoms in total. The van der Waals surface area contributed by atoms with E-state index < -0.39 is 41.4 Å². The van der Waals surface area contributed by atoms with Gasteiger partial charge in [0, 0.05) is 12.2 Å². The SMILES string of the molecule is CCOC1=CC(F)(F)C(F)(F)C=C(OCC)C1(F)F. The third-order valence-electron chi connectivity index (χ3n) is 2.29. The molecule has 0 amide bonds. The van der Waals surface area contributed by atoms with Gasteiger partial charge in [-0.2, -0.15) is 26.3 Å². The second-order valence-corrected chi connectivity index (χ2v) is 3.70. The van der Waals surface area contributed by atoms with Gasteiger partial charge in [0.05, 0.1) is 13.2 Å². The molecule has 110 valence electrons. The number of rotatable bonds is 4. The van der Waals surface area contributed by atoms with Crippen molar-refractivity contribution in [2.45, 2.75) is 31.6 Å². The van der Waals surface area contributed by atoms with Crippen LogP contribution in [-0.2, 0) is 9.47 Å². The summed E-state index contributed by atoms with van der Waals surface area (Å²) in [4.78, 5) is 0. The summed E-state index contributed by atoms with van der Waals surface area (Å²) in [5.74, 6) is -16.8. The van der Waals surface area contributed by atoms with Crippen molar-refractivity contribution in [1.29, 1.82) is 0 Å². The van der Waals surface area contributed by atoms with Crippen LogP contribution < -0.4 is 0 Å². The molecule has 0 unspecified atom stereocenters. The Morgan fingerprint density at radius 3 is 1.37 bits per heavy atom. The van der Waals surface area contributed by atoms with Crippen molar-refractivity contribution in [2.24, 2.45) is 0 Å². The first-order chi connectivity index (χ1) is 8.58. The van der Waals surface area contributed by atoms with Gasteiger partial charge in [0.15, 0.2) is 11.5 Å². The zero-order valence-corrected chi connectivity index (χ0v) is 10.2. The average Bonchev–Trinajstić information content (AvgIpc) is 2.30. The van der Waals surface area contributed by atoms with Crippen LogP contribution in [0.15, 0.2) is 23.7 Å². The number of alkyl halides is 6. The third-order valence-corrected chi connectivity index (χ3v) is 2.29. The summed E-state index contributed by atoms with van der Waals surface area (Å²) in [5, 5.41) is 0. The van der Waals surface area contributed by atoms with Gasteiger partial charge < -0.3 is 9.47 Å². The fraction of sp³-hybridized carbons (Fsp3) is 0.636. The first-order valence-electron chi connectivity index (χ1n) is 5.44. The lowest BCUT2D eigenvalue weighted by Gasteiger charge is -2.21. The maximum atomic E-state index is 13.8. The molecule has 0 radical (unpaired) electrons. The lowest BCUT2D eigenvalue weighted by molar-refractivity contribution is -0.148. The molecule has 19 heavy (non-hydrogen) atoms. The maximum Gasteiger partial charge on any atom is 0.359 e. The number of hydrogen-bond acceptors (Lipinski definition) is 2.